The van der Waals surface area contributed by atoms with Gasteiger partial charge in [0.2, 0.25) is 15.1 Å². The first-order chi connectivity index (χ1) is 7.71. The first-order valence-corrected chi connectivity index (χ1v) is 6.50. The Balaban J connectivity index is 3.40. The van der Waals surface area contributed by atoms with E-state index in [1.807, 2.05) is 0 Å². The van der Waals surface area contributed by atoms with Gasteiger partial charge in [0.1, 0.15) is 0 Å². The summed E-state index contributed by atoms with van der Waals surface area (Å²) in [5, 5.41) is 5.32. The van der Waals surface area contributed by atoms with Crippen molar-refractivity contribution >= 4 is 25.8 Å². The third-order valence-corrected chi connectivity index (χ3v) is 4.78. The van der Waals surface area contributed by atoms with E-state index in [2.05, 4.69) is 15.9 Å². The molecule has 0 saturated heterocycles. The average Bonchev–Trinajstić information content (AvgIpc) is 2.16. The van der Waals surface area contributed by atoms with E-state index < -0.39 is 26.2 Å². The van der Waals surface area contributed by atoms with Crippen LogP contribution in [-0.4, -0.2) is 19.8 Å². The van der Waals surface area contributed by atoms with Gasteiger partial charge in [-0.1, -0.05) is 12.1 Å². The summed E-state index contributed by atoms with van der Waals surface area (Å²) in [6, 6.07) is 5.81. The molecule has 0 aliphatic rings. The van der Waals surface area contributed by atoms with Crippen molar-refractivity contribution in [1.29, 1.82) is 5.26 Å². The van der Waals surface area contributed by atoms with Crippen molar-refractivity contribution in [3.63, 3.8) is 0 Å². The lowest BCUT2D eigenvalue weighted by molar-refractivity contribution is -0.120. The minimum atomic E-state index is -5.12. The van der Waals surface area contributed by atoms with E-state index >= 15 is 0 Å². The molecule has 92 valence electrons. The number of hydrogen-bond donors (Lipinski definition) is 0. The van der Waals surface area contributed by atoms with Crippen molar-refractivity contribution in [2.45, 2.75) is 16.3 Å². The molecule has 8 heteroatoms. The standard InChI is InChI=1S/C9H5BrF3NO2S/c10-6-3-1-2-4-7(6)17(15,16)8(5-14)9(11,12)13/h1-4,8H. The molecule has 0 radical (unpaired) electrons. The van der Waals surface area contributed by atoms with E-state index in [0.717, 1.165) is 12.1 Å². The molecule has 0 aliphatic carbocycles. The quantitative estimate of drug-likeness (QED) is 0.839. The van der Waals surface area contributed by atoms with E-state index in [1.165, 1.54) is 18.2 Å². The van der Waals surface area contributed by atoms with Crippen molar-refractivity contribution < 1.29 is 21.6 Å². The van der Waals surface area contributed by atoms with Crippen LogP contribution >= 0.6 is 15.9 Å². The molecular formula is C9H5BrF3NO2S. The van der Waals surface area contributed by atoms with Crippen molar-refractivity contribution in [3.05, 3.63) is 28.7 Å². The third-order valence-electron chi connectivity index (χ3n) is 1.87. The fourth-order valence-electron chi connectivity index (χ4n) is 1.12. The fraction of sp³-hybridized carbons (Fsp3) is 0.222. The van der Waals surface area contributed by atoms with Gasteiger partial charge in [-0.3, -0.25) is 0 Å². The van der Waals surface area contributed by atoms with Crippen LogP contribution in [0.3, 0.4) is 0 Å². The van der Waals surface area contributed by atoms with Crippen LogP contribution in [0.25, 0.3) is 0 Å². The van der Waals surface area contributed by atoms with Crippen LogP contribution in [0.4, 0.5) is 13.2 Å². The number of hydrogen-bond acceptors (Lipinski definition) is 3. The van der Waals surface area contributed by atoms with Gasteiger partial charge in [0.15, 0.2) is 0 Å². The first kappa shape index (κ1) is 14.0. The molecule has 17 heavy (non-hydrogen) atoms. The highest BCUT2D eigenvalue weighted by Gasteiger charge is 2.50. The Hall–Kier alpha value is -1.07. The van der Waals surface area contributed by atoms with Gasteiger partial charge in [-0.05, 0) is 28.1 Å². The van der Waals surface area contributed by atoms with Crippen molar-refractivity contribution in [1.82, 2.24) is 0 Å². The topological polar surface area (TPSA) is 57.9 Å². The maximum atomic E-state index is 12.4. The van der Waals surface area contributed by atoms with Gasteiger partial charge in [-0.15, -0.1) is 0 Å². The molecule has 1 aromatic rings. The zero-order chi connectivity index (χ0) is 13.3. The Morgan fingerprint density at radius 1 is 1.29 bits per heavy atom. The molecule has 1 atom stereocenters. The SMILES string of the molecule is N#CC(C(F)(F)F)S(=O)(=O)c1ccccc1Br. The molecule has 1 unspecified atom stereocenters. The van der Waals surface area contributed by atoms with Gasteiger partial charge >= 0.3 is 6.18 Å². The lowest BCUT2D eigenvalue weighted by Crippen LogP contribution is -2.35. The fourth-order valence-corrected chi connectivity index (χ4v) is 3.44. The van der Waals surface area contributed by atoms with E-state index in [0.29, 0.717) is 0 Å². The Kier molecular flexibility index (Phi) is 3.84. The Morgan fingerprint density at radius 3 is 2.24 bits per heavy atom. The average molecular weight is 328 g/mol. The first-order valence-electron chi connectivity index (χ1n) is 4.16. The van der Waals surface area contributed by atoms with Crippen LogP contribution in [0.2, 0.25) is 0 Å². The molecule has 1 rings (SSSR count). The van der Waals surface area contributed by atoms with Gasteiger partial charge in [-0.25, -0.2) is 8.42 Å². The summed E-state index contributed by atoms with van der Waals surface area (Å²) in [4.78, 5) is -0.552. The molecular weight excluding hydrogens is 323 g/mol. The van der Waals surface area contributed by atoms with Gasteiger partial charge in [0.05, 0.1) is 11.0 Å². The maximum absolute atomic E-state index is 12.4. The number of alkyl halides is 3. The van der Waals surface area contributed by atoms with Crippen molar-refractivity contribution in [3.8, 4) is 6.07 Å². The summed E-state index contributed by atoms with van der Waals surface area (Å²) < 4.78 is 60.6. The van der Waals surface area contributed by atoms with E-state index in [4.69, 9.17) is 5.26 Å². The Morgan fingerprint density at radius 2 is 1.82 bits per heavy atom. The van der Waals surface area contributed by atoms with E-state index in [9.17, 15) is 21.6 Å². The summed E-state index contributed by atoms with van der Waals surface area (Å²) in [6.45, 7) is 0. The highest BCUT2D eigenvalue weighted by Crippen LogP contribution is 2.32. The summed E-state index contributed by atoms with van der Waals surface area (Å²) in [7, 11) is -4.77. The Labute approximate surface area is 104 Å². The second-order valence-corrected chi connectivity index (χ2v) is 5.88. The van der Waals surface area contributed by atoms with Gasteiger partial charge in [0, 0.05) is 4.47 Å². The highest BCUT2D eigenvalue weighted by atomic mass is 79.9. The predicted octanol–water partition coefficient (Wildman–Crippen LogP) is 2.68. The largest absolute Gasteiger partial charge is 0.418 e. The number of halogens is 4. The van der Waals surface area contributed by atoms with Crippen LogP contribution in [0, 0.1) is 11.3 Å². The molecule has 3 nitrogen and oxygen atoms in total. The Bertz CT molecular complexity index is 562. The van der Waals surface area contributed by atoms with Crippen LogP contribution < -0.4 is 0 Å². The number of sulfone groups is 1. The highest BCUT2D eigenvalue weighted by molar-refractivity contribution is 9.10. The van der Waals surface area contributed by atoms with Crippen LogP contribution in [0.5, 0.6) is 0 Å². The van der Waals surface area contributed by atoms with Crippen LogP contribution in [0.15, 0.2) is 33.6 Å². The summed E-state index contributed by atoms with van der Waals surface area (Å²) >= 11 is 2.84. The minimum absolute atomic E-state index is 0.00972. The number of benzene rings is 1. The molecule has 0 aromatic heterocycles. The van der Waals surface area contributed by atoms with Crippen molar-refractivity contribution in [2.75, 3.05) is 0 Å². The van der Waals surface area contributed by atoms with Crippen LogP contribution in [-0.2, 0) is 9.84 Å². The predicted molar refractivity (Wildman–Crippen MR) is 56.8 cm³/mol. The van der Waals surface area contributed by atoms with Gasteiger partial charge in [-0.2, -0.15) is 18.4 Å². The van der Waals surface area contributed by atoms with Crippen molar-refractivity contribution in [2.24, 2.45) is 0 Å². The molecule has 0 fully saturated rings. The maximum Gasteiger partial charge on any atom is 0.418 e. The molecule has 0 bridgehead atoms. The van der Waals surface area contributed by atoms with E-state index in [-0.39, 0.29) is 4.47 Å². The van der Waals surface area contributed by atoms with Crippen LogP contribution in [0.1, 0.15) is 0 Å². The number of nitrogens with zero attached hydrogens (tertiary/aromatic N) is 1. The lowest BCUT2D eigenvalue weighted by Gasteiger charge is -2.14. The molecule has 0 spiro atoms. The van der Waals surface area contributed by atoms with E-state index in [1.54, 1.807) is 0 Å². The summed E-state index contributed by atoms with van der Waals surface area (Å²) in [6.07, 6.45) is -5.12. The molecule has 1 aromatic carbocycles. The summed E-state index contributed by atoms with van der Waals surface area (Å²) in [5.41, 5.74) is 0. The molecule has 0 saturated carbocycles. The zero-order valence-electron chi connectivity index (χ0n) is 8.07. The molecule has 0 amide bonds. The normalized spacial score (nSPS) is 14.1. The number of nitriles is 1. The lowest BCUT2D eigenvalue weighted by atomic mass is 10.4. The zero-order valence-corrected chi connectivity index (χ0v) is 10.5. The smallest absolute Gasteiger partial charge is 0.222 e. The molecule has 0 aliphatic heterocycles. The van der Waals surface area contributed by atoms with Gasteiger partial charge < -0.3 is 0 Å². The minimum Gasteiger partial charge on any atom is -0.222 e. The summed E-state index contributed by atoms with van der Waals surface area (Å²) in [5.74, 6) is 0. The molecule has 0 heterocycles. The second kappa shape index (κ2) is 4.66. The van der Waals surface area contributed by atoms with Gasteiger partial charge in [0.25, 0.3) is 0 Å². The second-order valence-electron chi connectivity index (χ2n) is 3.03. The monoisotopic (exact) mass is 327 g/mol. The number of rotatable bonds is 2. The molecule has 0 N–H and O–H groups in total. The third kappa shape index (κ3) is 2.79.